The number of hydrogen-bond donors (Lipinski definition) is 2. The lowest BCUT2D eigenvalue weighted by Crippen LogP contribution is -2.21. The zero-order valence-corrected chi connectivity index (χ0v) is 14.5. The van der Waals surface area contributed by atoms with Crippen molar-refractivity contribution in [3.05, 3.63) is 64.3 Å². The average Bonchev–Trinajstić information content (AvgIpc) is 2.97. The van der Waals surface area contributed by atoms with Crippen LogP contribution in [0, 0.1) is 0 Å². The Morgan fingerprint density at radius 3 is 2.73 bits per heavy atom. The zero-order valence-electron chi connectivity index (χ0n) is 12.1. The first kappa shape index (κ1) is 15.6. The van der Waals surface area contributed by atoms with Crippen molar-refractivity contribution in [2.75, 3.05) is 6.54 Å². The summed E-state index contributed by atoms with van der Waals surface area (Å²) in [5.74, 6) is 0. The summed E-state index contributed by atoms with van der Waals surface area (Å²) in [6, 6.07) is 16.6. The Morgan fingerprint density at radius 1 is 1.14 bits per heavy atom. The molecule has 3 N–H and O–H groups in total. The molecular formula is C17H18BrN3S. The van der Waals surface area contributed by atoms with Crippen molar-refractivity contribution in [3.8, 4) is 0 Å². The largest absolute Gasteiger partial charge is 0.323 e. The zero-order chi connectivity index (χ0) is 15.4. The van der Waals surface area contributed by atoms with Gasteiger partial charge in [-0.2, -0.15) is 4.37 Å². The first-order chi connectivity index (χ1) is 10.7. The lowest BCUT2D eigenvalue weighted by atomic mass is 10.1. The van der Waals surface area contributed by atoms with Crippen molar-refractivity contribution in [2.45, 2.75) is 19.0 Å². The number of nitrogens with two attached hydrogens (primary N) is 1. The second-order valence-corrected chi connectivity index (χ2v) is 6.98. The maximum absolute atomic E-state index is 6.30. The highest BCUT2D eigenvalue weighted by atomic mass is 79.9. The summed E-state index contributed by atoms with van der Waals surface area (Å²) in [6.07, 6.45) is 0.879. The molecule has 0 saturated heterocycles. The summed E-state index contributed by atoms with van der Waals surface area (Å²) in [5, 5.41) is 4.63. The first-order valence-electron chi connectivity index (χ1n) is 7.29. The van der Waals surface area contributed by atoms with Crippen molar-refractivity contribution in [1.29, 1.82) is 0 Å². The molecule has 1 heterocycles. The molecule has 3 nitrogen and oxygen atoms in total. The number of halogens is 1. The molecule has 0 spiro atoms. The van der Waals surface area contributed by atoms with Crippen LogP contribution in [0.25, 0.3) is 10.1 Å². The lowest BCUT2D eigenvalue weighted by molar-refractivity contribution is 0.576. The van der Waals surface area contributed by atoms with Gasteiger partial charge in [0.1, 0.15) is 0 Å². The molecule has 0 amide bonds. The third-order valence-corrected chi connectivity index (χ3v) is 5.00. The molecule has 1 aromatic heterocycles. The maximum Gasteiger partial charge on any atom is 0.0788 e. The Labute approximate surface area is 142 Å². The van der Waals surface area contributed by atoms with Crippen LogP contribution in [0.4, 0.5) is 0 Å². The van der Waals surface area contributed by atoms with Gasteiger partial charge < -0.3 is 11.1 Å². The van der Waals surface area contributed by atoms with Gasteiger partial charge in [0.25, 0.3) is 0 Å². The van der Waals surface area contributed by atoms with E-state index in [4.69, 9.17) is 5.73 Å². The van der Waals surface area contributed by atoms with Crippen molar-refractivity contribution in [2.24, 2.45) is 5.73 Å². The molecule has 3 rings (SSSR count). The van der Waals surface area contributed by atoms with Crippen molar-refractivity contribution >= 4 is 37.5 Å². The maximum atomic E-state index is 6.30. The van der Waals surface area contributed by atoms with Crippen LogP contribution in [0.1, 0.15) is 23.7 Å². The van der Waals surface area contributed by atoms with E-state index in [2.05, 4.69) is 62.0 Å². The molecular weight excluding hydrogens is 358 g/mol. The Morgan fingerprint density at radius 2 is 1.91 bits per heavy atom. The van der Waals surface area contributed by atoms with Gasteiger partial charge in [0.15, 0.2) is 0 Å². The van der Waals surface area contributed by atoms with Gasteiger partial charge in [0.2, 0.25) is 0 Å². The highest BCUT2D eigenvalue weighted by molar-refractivity contribution is 9.10. The molecule has 22 heavy (non-hydrogen) atoms. The molecule has 2 aromatic carbocycles. The fraction of sp³-hybridized carbons (Fsp3) is 0.235. The van der Waals surface area contributed by atoms with E-state index in [0.717, 1.165) is 29.7 Å². The van der Waals surface area contributed by atoms with E-state index in [1.807, 2.05) is 12.1 Å². The Hall–Kier alpha value is -1.27. The fourth-order valence-corrected chi connectivity index (χ4v) is 3.51. The monoisotopic (exact) mass is 375 g/mol. The van der Waals surface area contributed by atoms with E-state index >= 15 is 0 Å². The minimum absolute atomic E-state index is 0.0198. The smallest absolute Gasteiger partial charge is 0.0788 e. The molecule has 1 unspecified atom stereocenters. The summed E-state index contributed by atoms with van der Waals surface area (Å²) in [5.41, 5.74) is 8.60. The lowest BCUT2D eigenvalue weighted by Gasteiger charge is -2.11. The summed E-state index contributed by atoms with van der Waals surface area (Å²) in [6.45, 7) is 1.74. The minimum Gasteiger partial charge on any atom is -0.323 e. The molecule has 0 bridgehead atoms. The van der Waals surface area contributed by atoms with E-state index in [0.29, 0.717) is 0 Å². The summed E-state index contributed by atoms with van der Waals surface area (Å²) in [7, 11) is 0. The van der Waals surface area contributed by atoms with Gasteiger partial charge in [-0.05, 0) is 48.3 Å². The molecule has 3 aromatic rings. The third kappa shape index (κ3) is 3.73. The van der Waals surface area contributed by atoms with Crippen LogP contribution >= 0.6 is 27.5 Å². The Balaban J connectivity index is 1.52. The number of benzene rings is 2. The van der Waals surface area contributed by atoms with Gasteiger partial charge in [0, 0.05) is 22.4 Å². The number of rotatable bonds is 6. The molecule has 0 aliphatic rings. The summed E-state index contributed by atoms with van der Waals surface area (Å²) in [4.78, 5) is 0. The molecule has 0 fully saturated rings. The van der Waals surface area contributed by atoms with Crippen molar-refractivity contribution in [1.82, 2.24) is 9.69 Å². The number of hydrogen-bond acceptors (Lipinski definition) is 4. The molecule has 0 aliphatic heterocycles. The average molecular weight is 376 g/mol. The van der Waals surface area contributed by atoms with Gasteiger partial charge in [0.05, 0.1) is 10.4 Å². The number of nitrogens with one attached hydrogen (secondary N) is 1. The predicted octanol–water partition coefficient (Wildman–Crippen LogP) is 4.24. The van der Waals surface area contributed by atoms with E-state index in [1.165, 1.54) is 27.2 Å². The molecule has 5 heteroatoms. The van der Waals surface area contributed by atoms with Crippen LogP contribution in [0.2, 0.25) is 0 Å². The predicted molar refractivity (Wildman–Crippen MR) is 97.0 cm³/mol. The Bertz CT molecular complexity index is 739. The third-order valence-electron chi connectivity index (χ3n) is 3.63. The van der Waals surface area contributed by atoms with Gasteiger partial charge >= 0.3 is 0 Å². The Kier molecular flexibility index (Phi) is 5.20. The molecule has 1 atom stereocenters. The molecule has 114 valence electrons. The fourth-order valence-electron chi connectivity index (χ4n) is 2.40. The van der Waals surface area contributed by atoms with Crippen LogP contribution in [0.5, 0.6) is 0 Å². The standard InChI is InChI=1S/C17H18BrN3S/c18-13-7-5-12(6-8-13)11-20-10-9-15(19)17-14-3-1-2-4-16(14)22-21-17/h1-8,15,20H,9-11,19H2. The van der Waals surface area contributed by atoms with Gasteiger partial charge in [-0.3, -0.25) is 0 Å². The molecule has 0 aliphatic carbocycles. The van der Waals surface area contributed by atoms with E-state index in [-0.39, 0.29) is 6.04 Å². The number of fused-ring (bicyclic) bond motifs is 1. The number of nitrogens with zero attached hydrogens (tertiary/aromatic N) is 1. The second kappa shape index (κ2) is 7.33. The van der Waals surface area contributed by atoms with Crippen LogP contribution in [0.15, 0.2) is 53.0 Å². The normalized spacial score (nSPS) is 12.6. The van der Waals surface area contributed by atoms with Gasteiger partial charge in [-0.1, -0.05) is 46.3 Å². The van der Waals surface area contributed by atoms with Gasteiger partial charge in [-0.25, -0.2) is 0 Å². The minimum atomic E-state index is -0.0198. The first-order valence-corrected chi connectivity index (χ1v) is 8.86. The SMILES string of the molecule is NC(CCNCc1ccc(Br)cc1)c1nsc2ccccc12. The van der Waals surface area contributed by atoms with Crippen LogP contribution in [0.3, 0.4) is 0 Å². The van der Waals surface area contributed by atoms with Gasteiger partial charge in [-0.15, -0.1) is 0 Å². The van der Waals surface area contributed by atoms with Crippen LogP contribution in [-0.4, -0.2) is 10.9 Å². The highest BCUT2D eigenvalue weighted by Crippen LogP contribution is 2.27. The van der Waals surface area contributed by atoms with Crippen LogP contribution < -0.4 is 11.1 Å². The number of aromatic nitrogens is 1. The second-order valence-electron chi connectivity index (χ2n) is 5.26. The van der Waals surface area contributed by atoms with E-state index in [1.54, 1.807) is 0 Å². The van der Waals surface area contributed by atoms with Crippen molar-refractivity contribution < 1.29 is 0 Å². The summed E-state index contributed by atoms with van der Waals surface area (Å²) >= 11 is 4.97. The molecule has 0 saturated carbocycles. The van der Waals surface area contributed by atoms with E-state index in [9.17, 15) is 0 Å². The van der Waals surface area contributed by atoms with Crippen molar-refractivity contribution in [3.63, 3.8) is 0 Å². The van der Waals surface area contributed by atoms with E-state index < -0.39 is 0 Å². The molecule has 0 radical (unpaired) electrons. The van der Waals surface area contributed by atoms with Crippen LogP contribution in [-0.2, 0) is 6.54 Å². The topological polar surface area (TPSA) is 50.9 Å². The summed E-state index contributed by atoms with van der Waals surface area (Å²) < 4.78 is 6.84. The highest BCUT2D eigenvalue weighted by Gasteiger charge is 2.13. The quantitative estimate of drug-likeness (QED) is 0.633.